The van der Waals surface area contributed by atoms with Crippen molar-refractivity contribution in [2.24, 2.45) is 0 Å². The highest BCUT2D eigenvalue weighted by Crippen LogP contribution is 2.24. The summed E-state index contributed by atoms with van der Waals surface area (Å²) in [6.07, 6.45) is 1.83. The fourth-order valence-electron chi connectivity index (χ4n) is 3.85. The molecule has 3 aromatic rings. The van der Waals surface area contributed by atoms with E-state index in [1.54, 1.807) is 65.6 Å². The van der Waals surface area contributed by atoms with Crippen molar-refractivity contribution >= 4 is 27.6 Å². The van der Waals surface area contributed by atoms with Gasteiger partial charge in [0.25, 0.3) is 5.91 Å². The Morgan fingerprint density at radius 1 is 1.03 bits per heavy atom. The Morgan fingerprint density at radius 3 is 2.34 bits per heavy atom. The van der Waals surface area contributed by atoms with E-state index in [-0.39, 0.29) is 22.7 Å². The van der Waals surface area contributed by atoms with E-state index >= 15 is 0 Å². The van der Waals surface area contributed by atoms with E-state index in [9.17, 15) is 13.2 Å². The maximum absolute atomic E-state index is 13.3. The zero-order valence-electron chi connectivity index (χ0n) is 19.2. The molecule has 184 valence electrons. The zero-order valence-corrected chi connectivity index (χ0v) is 20.8. The topological polar surface area (TPSA) is 82.1 Å². The molecule has 4 rings (SSSR count). The van der Waals surface area contributed by atoms with Crippen LogP contribution in [0.15, 0.2) is 77.7 Å². The minimum Gasteiger partial charge on any atom is -0.497 e. The first-order chi connectivity index (χ1) is 16.9. The lowest BCUT2D eigenvalue weighted by molar-refractivity contribution is 0.0507. The van der Waals surface area contributed by atoms with Crippen molar-refractivity contribution in [2.45, 2.75) is 30.4 Å². The van der Waals surface area contributed by atoms with Crippen molar-refractivity contribution in [1.29, 1.82) is 0 Å². The molecule has 0 radical (unpaired) electrons. The van der Waals surface area contributed by atoms with Crippen molar-refractivity contribution in [2.75, 3.05) is 20.3 Å². The number of methoxy groups -OCH3 is 1. The van der Waals surface area contributed by atoms with Gasteiger partial charge in [0.1, 0.15) is 16.4 Å². The van der Waals surface area contributed by atoms with Gasteiger partial charge in [0.15, 0.2) is 0 Å². The van der Waals surface area contributed by atoms with Crippen LogP contribution in [0.4, 0.5) is 0 Å². The van der Waals surface area contributed by atoms with Crippen molar-refractivity contribution in [1.82, 2.24) is 4.90 Å². The molecule has 1 saturated heterocycles. The third kappa shape index (κ3) is 6.33. The van der Waals surface area contributed by atoms with Crippen LogP contribution in [-0.4, -0.2) is 45.6 Å². The molecule has 7 nitrogen and oxygen atoms in total. The molecule has 3 aromatic carbocycles. The molecule has 1 aliphatic rings. The monoisotopic (exact) mass is 515 g/mol. The molecule has 1 atom stereocenters. The van der Waals surface area contributed by atoms with E-state index in [1.165, 1.54) is 19.2 Å². The Hall–Kier alpha value is -3.07. The van der Waals surface area contributed by atoms with Crippen LogP contribution in [0.3, 0.4) is 0 Å². The summed E-state index contributed by atoms with van der Waals surface area (Å²) in [6, 6.07) is 19.5. The average Bonchev–Trinajstić information content (AvgIpc) is 3.38. The van der Waals surface area contributed by atoms with E-state index in [0.717, 1.165) is 18.4 Å². The van der Waals surface area contributed by atoms with E-state index in [0.29, 0.717) is 36.0 Å². The second-order valence-electron chi connectivity index (χ2n) is 8.16. The Kier molecular flexibility index (Phi) is 7.95. The summed E-state index contributed by atoms with van der Waals surface area (Å²) in [6.45, 7) is 1.44. The van der Waals surface area contributed by atoms with Gasteiger partial charge in [-0.2, -0.15) is 8.42 Å². The largest absolute Gasteiger partial charge is 0.497 e. The zero-order chi connectivity index (χ0) is 24.8. The third-order valence-corrected chi connectivity index (χ3v) is 7.28. The molecule has 1 fully saturated rings. The van der Waals surface area contributed by atoms with Gasteiger partial charge in [0.05, 0.1) is 23.8 Å². The molecular formula is C26H26ClNO6S. The molecule has 1 amide bonds. The second kappa shape index (κ2) is 11.1. The average molecular weight is 516 g/mol. The molecule has 0 aromatic heterocycles. The van der Waals surface area contributed by atoms with Crippen molar-refractivity contribution in [3.05, 3.63) is 88.9 Å². The van der Waals surface area contributed by atoms with Gasteiger partial charge >= 0.3 is 10.1 Å². The molecule has 0 aliphatic carbocycles. The van der Waals surface area contributed by atoms with Gasteiger partial charge in [0, 0.05) is 19.7 Å². The minimum atomic E-state index is -4.00. The Labute approximate surface area is 210 Å². The van der Waals surface area contributed by atoms with Gasteiger partial charge < -0.3 is 18.6 Å². The number of hydrogen-bond acceptors (Lipinski definition) is 6. The summed E-state index contributed by atoms with van der Waals surface area (Å²) in [5.74, 6) is 0.536. The van der Waals surface area contributed by atoms with Gasteiger partial charge in [-0.3, -0.25) is 4.79 Å². The summed E-state index contributed by atoms with van der Waals surface area (Å²) in [5, 5.41) is 0.391. The van der Waals surface area contributed by atoms with Crippen LogP contribution in [0.5, 0.6) is 11.5 Å². The number of carbonyl (C=O) groups excluding carboxylic acids is 1. The summed E-state index contributed by atoms with van der Waals surface area (Å²) in [4.78, 5) is 15.0. The predicted molar refractivity (Wildman–Crippen MR) is 132 cm³/mol. The second-order valence-corrected chi connectivity index (χ2v) is 10.1. The van der Waals surface area contributed by atoms with E-state index in [2.05, 4.69) is 0 Å². The predicted octanol–water partition coefficient (Wildman–Crippen LogP) is 4.94. The molecule has 1 aliphatic heterocycles. The summed E-state index contributed by atoms with van der Waals surface area (Å²) in [5.41, 5.74) is 1.25. The smallest absolute Gasteiger partial charge is 0.339 e. The Bertz CT molecular complexity index is 1260. The quantitative estimate of drug-likeness (QED) is 0.375. The van der Waals surface area contributed by atoms with Crippen molar-refractivity contribution < 1.29 is 26.9 Å². The van der Waals surface area contributed by atoms with Gasteiger partial charge in [0.2, 0.25) is 0 Å². The number of halogens is 1. The van der Waals surface area contributed by atoms with Gasteiger partial charge in [-0.25, -0.2) is 0 Å². The Balaban J connectivity index is 1.48. The summed E-state index contributed by atoms with van der Waals surface area (Å²) >= 11 is 6.27. The molecule has 1 heterocycles. The molecule has 9 heteroatoms. The van der Waals surface area contributed by atoms with Crippen LogP contribution in [-0.2, 0) is 21.4 Å². The van der Waals surface area contributed by atoms with Crippen LogP contribution in [0, 0.1) is 0 Å². The lowest BCUT2D eigenvalue weighted by Crippen LogP contribution is -2.37. The highest BCUT2D eigenvalue weighted by atomic mass is 35.5. The number of carbonyl (C=O) groups is 1. The maximum Gasteiger partial charge on any atom is 0.339 e. The molecule has 0 N–H and O–H groups in total. The number of amides is 1. The lowest BCUT2D eigenvalue weighted by atomic mass is 10.1. The summed E-state index contributed by atoms with van der Waals surface area (Å²) < 4.78 is 41.3. The van der Waals surface area contributed by atoms with Crippen LogP contribution in [0.1, 0.15) is 28.8 Å². The van der Waals surface area contributed by atoms with Crippen LogP contribution in [0.25, 0.3) is 0 Å². The minimum absolute atomic E-state index is 0.0236. The molecule has 0 bridgehead atoms. The lowest BCUT2D eigenvalue weighted by Gasteiger charge is -2.26. The fourth-order valence-corrected chi connectivity index (χ4v) is 4.99. The Morgan fingerprint density at radius 2 is 1.71 bits per heavy atom. The van der Waals surface area contributed by atoms with Crippen molar-refractivity contribution in [3.8, 4) is 11.5 Å². The molecule has 0 saturated carbocycles. The van der Waals surface area contributed by atoms with Gasteiger partial charge in [-0.1, -0.05) is 35.9 Å². The first-order valence-electron chi connectivity index (χ1n) is 11.2. The molecule has 35 heavy (non-hydrogen) atoms. The standard InChI is InChI=1S/C26H26ClNO6S/c1-32-20-12-14-23(15-13-20)35(30,31)34-21-10-8-19(9-11-21)17-28(18-22-5-4-16-33-22)26(29)24-6-2-3-7-25(24)27/h2-3,6-15,22H,4-5,16-18H2,1H3/t22-/m0/s1. The van der Waals surface area contributed by atoms with Crippen LogP contribution in [0.2, 0.25) is 5.02 Å². The SMILES string of the molecule is COc1ccc(S(=O)(=O)Oc2ccc(CN(C[C@@H]3CCCO3)C(=O)c3ccccc3Cl)cc2)cc1. The van der Waals surface area contributed by atoms with E-state index in [1.807, 2.05) is 0 Å². The highest BCUT2D eigenvalue weighted by Gasteiger charge is 2.25. The van der Waals surface area contributed by atoms with E-state index < -0.39 is 10.1 Å². The fraction of sp³-hybridized carbons (Fsp3) is 0.269. The first-order valence-corrected chi connectivity index (χ1v) is 13.0. The normalized spacial score (nSPS) is 15.5. The first kappa shape index (κ1) is 25.0. The molecule has 0 spiro atoms. The van der Waals surface area contributed by atoms with Crippen LogP contribution < -0.4 is 8.92 Å². The number of hydrogen-bond donors (Lipinski definition) is 0. The number of nitrogens with zero attached hydrogens (tertiary/aromatic N) is 1. The van der Waals surface area contributed by atoms with Crippen molar-refractivity contribution in [3.63, 3.8) is 0 Å². The maximum atomic E-state index is 13.3. The van der Waals surface area contributed by atoms with Gasteiger partial charge in [-0.15, -0.1) is 0 Å². The van der Waals surface area contributed by atoms with E-state index in [4.69, 9.17) is 25.3 Å². The number of ether oxygens (including phenoxy) is 2. The number of rotatable bonds is 9. The summed E-state index contributed by atoms with van der Waals surface area (Å²) in [7, 11) is -2.49. The van der Waals surface area contributed by atoms with Gasteiger partial charge in [-0.05, 0) is 66.9 Å². The number of benzene rings is 3. The third-order valence-electron chi connectivity index (χ3n) is 5.69. The highest BCUT2D eigenvalue weighted by molar-refractivity contribution is 7.87. The molecular weight excluding hydrogens is 490 g/mol. The van der Waals surface area contributed by atoms with Crippen LogP contribution >= 0.6 is 11.6 Å². The molecule has 0 unspecified atom stereocenters.